The number of nitrogens with zero attached hydrogens (tertiary/aromatic N) is 1. The van der Waals surface area contributed by atoms with Crippen molar-refractivity contribution in [2.24, 2.45) is 0 Å². The Kier molecular flexibility index (Phi) is 3.24. The normalized spacial score (nSPS) is 12.7. The Morgan fingerprint density at radius 2 is 2.26 bits per heavy atom. The summed E-state index contributed by atoms with van der Waals surface area (Å²) < 4.78 is 20.8. The zero-order valence-corrected chi connectivity index (χ0v) is 10.5. The lowest BCUT2D eigenvalue weighted by Gasteiger charge is -2.08. The SMILES string of the molecule is COc1cc(CNCc2ccon2)cc2c1OCO2. The molecule has 0 atom stereocenters. The van der Waals surface area contributed by atoms with Crippen LogP contribution >= 0.6 is 0 Å². The number of aromatic nitrogens is 1. The summed E-state index contributed by atoms with van der Waals surface area (Å²) >= 11 is 0. The van der Waals surface area contributed by atoms with Gasteiger partial charge < -0.3 is 24.1 Å². The first kappa shape index (κ1) is 11.9. The second-order valence-electron chi connectivity index (χ2n) is 4.13. The molecular weight excluding hydrogens is 248 g/mol. The maximum Gasteiger partial charge on any atom is 0.231 e. The largest absolute Gasteiger partial charge is 0.493 e. The number of fused-ring (bicyclic) bond motifs is 1. The Balaban J connectivity index is 1.68. The van der Waals surface area contributed by atoms with Gasteiger partial charge in [0.05, 0.1) is 12.8 Å². The molecule has 0 unspecified atom stereocenters. The van der Waals surface area contributed by atoms with Crippen LogP contribution in [0.4, 0.5) is 0 Å². The summed E-state index contributed by atoms with van der Waals surface area (Å²) in [5.74, 6) is 2.08. The van der Waals surface area contributed by atoms with Gasteiger partial charge in [0.2, 0.25) is 12.5 Å². The van der Waals surface area contributed by atoms with Gasteiger partial charge in [-0.25, -0.2) is 0 Å². The predicted octanol–water partition coefficient (Wildman–Crippen LogP) is 1.70. The van der Waals surface area contributed by atoms with Crippen molar-refractivity contribution in [3.8, 4) is 17.2 Å². The van der Waals surface area contributed by atoms with Gasteiger partial charge in [-0.1, -0.05) is 5.16 Å². The number of methoxy groups -OCH3 is 1. The van der Waals surface area contributed by atoms with Crippen LogP contribution in [-0.2, 0) is 13.1 Å². The molecule has 0 fully saturated rings. The van der Waals surface area contributed by atoms with Crippen LogP contribution in [0.2, 0.25) is 0 Å². The molecule has 1 aliphatic rings. The zero-order chi connectivity index (χ0) is 13.1. The Hall–Kier alpha value is -2.21. The van der Waals surface area contributed by atoms with Crippen LogP contribution in [0, 0.1) is 0 Å². The molecule has 100 valence electrons. The molecule has 0 aliphatic carbocycles. The zero-order valence-electron chi connectivity index (χ0n) is 10.5. The number of benzene rings is 1. The van der Waals surface area contributed by atoms with Gasteiger partial charge in [0.1, 0.15) is 6.26 Å². The first-order valence-corrected chi connectivity index (χ1v) is 5.93. The summed E-state index contributed by atoms with van der Waals surface area (Å²) in [6.45, 7) is 1.56. The summed E-state index contributed by atoms with van der Waals surface area (Å²) in [5.41, 5.74) is 1.93. The molecule has 0 saturated heterocycles. The highest BCUT2D eigenvalue weighted by Crippen LogP contribution is 2.41. The minimum absolute atomic E-state index is 0.238. The van der Waals surface area contributed by atoms with E-state index in [0.717, 1.165) is 17.0 Å². The summed E-state index contributed by atoms with van der Waals surface area (Å²) in [5, 5.41) is 7.10. The fraction of sp³-hybridized carbons (Fsp3) is 0.308. The van der Waals surface area contributed by atoms with E-state index in [4.69, 9.17) is 18.7 Å². The van der Waals surface area contributed by atoms with E-state index >= 15 is 0 Å². The molecular formula is C13H14N2O4. The first-order chi connectivity index (χ1) is 9.36. The maximum absolute atomic E-state index is 5.38. The fourth-order valence-corrected chi connectivity index (χ4v) is 1.95. The molecule has 1 N–H and O–H groups in total. The highest BCUT2D eigenvalue weighted by Gasteiger charge is 2.19. The first-order valence-electron chi connectivity index (χ1n) is 5.93. The number of nitrogens with one attached hydrogen (secondary N) is 1. The van der Waals surface area contributed by atoms with E-state index in [9.17, 15) is 0 Å². The Morgan fingerprint density at radius 3 is 3.05 bits per heavy atom. The number of hydrogen-bond acceptors (Lipinski definition) is 6. The second kappa shape index (κ2) is 5.19. The second-order valence-corrected chi connectivity index (χ2v) is 4.13. The molecule has 2 aromatic rings. The van der Waals surface area contributed by atoms with E-state index in [-0.39, 0.29) is 6.79 Å². The van der Waals surface area contributed by atoms with E-state index in [1.165, 1.54) is 0 Å². The summed E-state index contributed by atoms with van der Waals surface area (Å²) in [7, 11) is 1.61. The molecule has 0 amide bonds. The van der Waals surface area contributed by atoms with Crippen molar-refractivity contribution >= 4 is 0 Å². The molecule has 2 heterocycles. The lowest BCUT2D eigenvalue weighted by Crippen LogP contribution is -2.12. The van der Waals surface area contributed by atoms with Crippen molar-refractivity contribution in [3.63, 3.8) is 0 Å². The van der Waals surface area contributed by atoms with E-state index < -0.39 is 0 Å². The Labute approximate surface area is 110 Å². The van der Waals surface area contributed by atoms with Gasteiger partial charge in [-0.2, -0.15) is 0 Å². The molecule has 6 heteroatoms. The number of ether oxygens (including phenoxy) is 3. The van der Waals surface area contributed by atoms with Crippen molar-refractivity contribution in [2.45, 2.75) is 13.1 Å². The monoisotopic (exact) mass is 262 g/mol. The van der Waals surface area contributed by atoms with E-state index in [1.807, 2.05) is 18.2 Å². The number of rotatable bonds is 5. The molecule has 0 spiro atoms. The van der Waals surface area contributed by atoms with Crippen LogP contribution in [0.25, 0.3) is 0 Å². The van der Waals surface area contributed by atoms with Gasteiger partial charge in [-0.05, 0) is 17.7 Å². The summed E-state index contributed by atoms with van der Waals surface area (Å²) in [4.78, 5) is 0. The lowest BCUT2D eigenvalue weighted by atomic mass is 10.2. The van der Waals surface area contributed by atoms with Gasteiger partial charge in [-0.15, -0.1) is 0 Å². The van der Waals surface area contributed by atoms with Crippen LogP contribution in [-0.4, -0.2) is 19.1 Å². The van der Waals surface area contributed by atoms with Crippen molar-refractivity contribution in [3.05, 3.63) is 35.7 Å². The molecule has 1 aromatic carbocycles. The summed E-state index contributed by atoms with van der Waals surface area (Å²) in [6.07, 6.45) is 1.56. The average Bonchev–Trinajstić information content (AvgIpc) is 3.08. The van der Waals surface area contributed by atoms with Crippen LogP contribution in [0.15, 0.2) is 29.0 Å². The Bertz CT molecular complexity index is 554. The van der Waals surface area contributed by atoms with Crippen molar-refractivity contribution in [1.29, 1.82) is 0 Å². The highest BCUT2D eigenvalue weighted by molar-refractivity contribution is 5.55. The molecule has 3 rings (SSSR count). The summed E-state index contributed by atoms with van der Waals surface area (Å²) in [6, 6.07) is 5.71. The predicted molar refractivity (Wildman–Crippen MR) is 66.2 cm³/mol. The molecule has 0 radical (unpaired) electrons. The van der Waals surface area contributed by atoms with E-state index in [1.54, 1.807) is 13.4 Å². The van der Waals surface area contributed by atoms with Crippen molar-refractivity contribution in [2.75, 3.05) is 13.9 Å². The Morgan fingerprint density at radius 1 is 1.32 bits per heavy atom. The smallest absolute Gasteiger partial charge is 0.231 e. The van der Waals surface area contributed by atoms with Gasteiger partial charge >= 0.3 is 0 Å². The minimum atomic E-state index is 0.238. The molecule has 1 aromatic heterocycles. The average molecular weight is 262 g/mol. The van der Waals surface area contributed by atoms with Crippen LogP contribution in [0.5, 0.6) is 17.2 Å². The fourth-order valence-electron chi connectivity index (χ4n) is 1.95. The minimum Gasteiger partial charge on any atom is -0.493 e. The van der Waals surface area contributed by atoms with Crippen molar-refractivity contribution < 1.29 is 18.7 Å². The van der Waals surface area contributed by atoms with Gasteiger partial charge in [0.25, 0.3) is 0 Å². The molecule has 6 nitrogen and oxygen atoms in total. The maximum atomic E-state index is 5.38. The molecule has 19 heavy (non-hydrogen) atoms. The van der Waals surface area contributed by atoms with Gasteiger partial charge in [0.15, 0.2) is 11.5 Å². The standard InChI is InChI=1S/C13H14N2O4/c1-16-11-4-9(5-12-13(11)18-8-17-12)6-14-7-10-2-3-19-15-10/h2-5,14H,6-8H2,1H3. The topological polar surface area (TPSA) is 65.8 Å². The lowest BCUT2D eigenvalue weighted by molar-refractivity contribution is 0.171. The van der Waals surface area contributed by atoms with Crippen molar-refractivity contribution in [1.82, 2.24) is 10.5 Å². The van der Waals surface area contributed by atoms with Crippen LogP contribution in [0.3, 0.4) is 0 Å². The third kappa shape index (κ3) is 2.48. The third-order valence-corrected chi connectivity index (χ3v) is 2.84. The van der Waals surface area contributed by atoms with Crippen LogP contribution < -0.4 is 19.5 Å². The molecule has 1 aliphatic heterocycles. The quantitative estimate of drug-likeness (QED) is 0.884. The van der Waals surface area contributed by atoms with E-state index in [2.05, 4.69) is 10.5 Å². The highest BCUT2D eigenvalue weighted by atomic mass is 16.7. The van der Waals surface area contributed by atoms with E-state index in [0.29, 0.717) is 24.6 Å². The third-order valence-electron chi connectivity index (χ3n) is 2.84. The van der Waals surface area contributed by atoms with Gasteiger partial charge in [-0.3, -0.25) is 0 Å². The van der Waals surface area contributed by atoms with Gasteiger partial charge in [0, 0.05) is 19.2 Å². The van der Waals surface area contributed by atoms with Crippen LogP contribution in [0.1, 0.15) is 11.3 Å². The molecule has 0 bridgehead atoms. The molecule has 0 saturated carbocycles. The number of hydrogen-bond donors (Lipinski definition) is 1.